The molecule has 2 aromatic rings. The Kier molecular flexibility index (Phi) is 5.29. The van der Waals surface area contributed by atoms with Gasteiger partial charge in [0.05, 0.1) is 11.1 Å². The van der Waals surface area contributed by atoms with Crippen molar-refractivity contribution in [3.05, 3.63) is 35.0 Å². The van der Waals surface area contributed by atoms with E-state index >= 15 is 0 Å². The van der Waals surface area contributed by atoms with Crippen LogP contribution in [0.25, 0.3) is 11.0 Å². The Labute approximate surface area is 120 Å². The van der Waals surface area contributed by atoms with Crippen LogP contribution in [0, 0.1) is 0 Å². The second-order valence-corrected chi connectivity index (χ2v) is 5.36. The molecule has 0 aliphatic heterocycles. The number of hydrogen-bond acceptors (Lipinski definition) is 2. The normalized spacial score (nSPS) is 13.0. The molecule has 0 bridgehead atoms. The highest BCUT2D eigenvalue weighted by Crippen LogP contribution is 2.31. The molecular formula is C16H22ClNO. The summed E-state index contributed by atoms with van der Waals surface area (Å²) in [6, 6.07) is 8.29. The molecular weight excluding hydrogens is 258 g/mol. The smallest absolute Gasteiger partial charge is 0.152 e. The highest BCUT2D eigenvalue weighted by molar-refractivity contribution is 6.34. The zero-order valence-electron chi connectivity index (χ0n) is 11.7. The third-order valence-electron chi connectivity index (χ3n) is 3.35. The van der Waals surface area contributed by atoms with Crippen molar-refractivity contribution in [2.75, 3.05) is 6.54 Å². The Morgan fingerprint density at radius 1 is 1.26 bits per heavy atom. The standard InChI is InChI=1S/C16H22ClNO/c1-3-5-9-14(18-10-4-2)15-11-12-7-6-8-13(17)16(12)19-15/h6-8,11,14,18H,3-5,9-10H2,1-2H3. The van der Waals surface area contributed by atoms with Gasteiger partial charge in [0.2, 0.25) is 0 Å². The third-order valence-corrected chi connectivity index (χ3v) is 3.64. The fraction of sp³-hybridized carbons (Fsp3) is 0.500. The fourth-order valence-electron chi connectivity index (χ4n) is 2.29. The van der Waals surface area contributed by atoms with Gasteiger partial charge in [-0.3, -0.25) is 0 Å². The number of unbranched alkanes of at least 4 members (excludes halogenated alkanes) is 1. The molecule has 1 aromatic carbocycles. The molecule has 2 nitrogen and oxygen atoms in total. The number of halogens is 1. The van der Waals surface area contributed by atoms with Gasteiger partial charge in [-0.2, -0.15) is 0 Å². The van der Waals surface area contributed by atoms with Gasteiger partial charge < -0.3 is 9.73 Å². The fourth-order valence-corrected chi connectivity index (χ4v) is 2.51. The molecule has 104 valence electrons. The summed E-state index contributed by atoms with van der Waals surface area (Å²) in [5.41, 5.74) is 0.805. The second-order valence-electron chi connectivity index (χ2n) is 4.96. The lowest BCUT2D eigenvalue weighted by atomic mass is 10.1. The Hall–Kier alpha value is -0.990. The molecule has 0 saturated heterocycles. The van der Waals surface area contributed by atoms with E-state index in [1.54, 1.807) is 0 Å². The van der Waals surface area contributed by atoms with E-state index in [2.05, 4.69) is 25.2 Å². The van der Waals surface area contributed by atoms with E-state index in [1.807, 2.05) is 18.2 Å². The second kappa shape index (κ2) is 6.97. The van der Waals surface area contributed by atoms with Crippen LogP contribution in [0.2, 0.25) is 5.02 Å². The van der Waals surface area contributed by atoms with Crippen LogP contribution in [-0.2, 0) is 0 Å². The van der Waals surface area contributed by atoms with Crippen LogP contribution in [0.5, 0.6) is 0 Å². The van der Waals surface area contributed by atoms with Crippen LogP contribution < -0.4 is 5.32 Å². The zero-order valence-corrected chi connectivity index (χ0v) is 12.5. The van der Waals surface area contributed by atoms with Crippen LogP contribution in [0.15, 0.2) is 28.7 Å². The van der Waals surface area contributed by atoms with E-state index in [0.29, 0.717) is 11.1 Å². The monoisotopic (exact) mass is 279 g/mol. The molecule has 1 heterocycles. The summed E-state index contributed by atoms with van der Waals surface area (Å²) < 4.78 is 5.96. The summed E-state index contributed by atoms with van der Waals surface area (Å²) in [6.45, 7) is 5.41. The average Bonchev–Trinajstić information content (AvgIpc) is 2.84. The summed E-state index contributed by atoms with van der Waals surface area (Å²) in [7, 11) is 0. The Morgan fingerprint density at radius 3 is 2.79 bits per heavy atom. The Balaban J connectivity index is 2.24. The molecule has 19 heavy (non-hydrogen) atoms. The van der Waals surface area contributed by atoms with Gasteiger partial charge >= 0.3 is 0 Å². The van der Waals surface area contributed by atoms with Gasteiger partial charge in [0.25, 0.3) is 0 Å². The number of benzene rings is 1. The highest BCUT2D eigenvalue weighted by Gasteiger charge is 2.16. The molecule has 0 aliphatic rings. The van der Waals surface area contributed by atoms with E-state index in [9.17, 15) is 0 Å². The zero-order chi connectivity index (χ0) is 13.7. The molecule has 0 fully saturated rings. The lowest BCUT2D eigenvalue weighted by molar-refractivity contribution is 0.402. The van der Waals surface area contributed by atoms with Crippen LogP contribution in [0.3, 0.4) is 0 Å². The lowest BCUT2D eigenvalue weighted by Crippen LogP contribution is -2.21. The maximum Gasteiger partial charge on any atom is 0.152 e. The Morgan fingerprint density at radius 2 is 2.11 bits per heavy atom. The van der Waals surface area contributed by atoms with Crippen LogP contribution in [-0.4, -0.2) is 6.54 Å². The molecule has 1 atom stereocenters. The minimum absolute atomic E-state index is 0.295. The third kappa shape index (κ3) is 3.52. The molecule has 0 saturated carbocycles. The predicted molar refractivity (Wildman–Crippen MR) is 81.8 cm³/mol. The van der Waals surface area contributed by atoms with Crippen LogP contribution in [0.4, 0.5) is 0 Å². The molecule has 0 aliphatic carbocycles. The molecule has 3 heteroatoms. The first-order chi connectivity index (χ1) is 9.26. The molecule has 0 amide bonds. The minimum atomic E-state index is 0.295. The first-order valence-corrected chi connectivity index (χ1v) is 7.55. The van der Waals surface area contributed by atoms with E-state index in [-0.39, 0.29) is 0 Å². The van der Waals surface area contributed by atoms with Gasteiger partial charge in [-0.15, -0.1) is 0 Å². The number of fused-ring (bicyclic) bond motifs is 1. The number of para-hydroxylation sites is 1. The van der Waals surface area contributed by atoms with Gasteiger partial charge in [0.1, 0.15) is 5.76 Å². The van der Waals surface area contributed by atoms with E-state index in [1.165, 1.54) is 12.8 Å². The molecule has 0 spiro atoms. The van der Waals surface area contributed by atoms with Crippen LogP contribution in [0.1, 0.15) is 51.3 Å². The molecule has 2 rings (SSSR count). The lowest BCUT2D eigenvalue weighted by Gasteiger charge is -2.15. The number of furan rings is 1. The summed E-state index contributed by atoms with van der Waals surface area (Å²) in [4.78, 5) is 0. The summed E-state index contributed by atoms with van der Waals surface area (Å²) in [5, 5.41) is 5.34. The average molecular weight is 280 g/mol. The van der Waals surface area contributed by atoms with Crippen molar-refractivity contribution in [2.24, 2.45) is 0 Å². The van der Waals surface area contributed by atoms with Gasteiger partial charge in [-0.25, -0.2) is 0 Å². The topological polar surface area (TPSA) is 25.2 Å². The Bertz CT molecular complexity index is 512. The van der Waals surface area contributed by atoms with Crippen LogP contribution >= 0.6 is 11.6 Å². The van der Waals surface area contributed by atoms with E-state index in [4.69, 9.17) is 16.0 Å². The summed E-state index contributed by atoms with van der Waals surface area (Å²) in [5.74, 6) is 1.00. The van der Waals surface area contributed by atoms with Crippen molar-refractivity contribution in [2.45, 2.75) is 45.6 Å². The minimum Gasteiger partial charge on any atom is -0.458 e. The summed E-state index contributed by atoms with van der Waals surface area (Å²) >= 11 is 6.17. The molecule has 1 aromatic heterocycles. The quantitative estimate of drug-likeness (QED) is 0.742. The van der Waals surface area contributed by atoms with Crippen molar-refractivity contribution in [3.8, 4) is 0 Å². The van der Waals surface area contributed by atoms with Gasteiger partial charge in [-0.1, -0.05) is 50.4 Å². The number of rotatable bonds is 7. The predicted octanol–water partition coefficient (Wildman–Crippen LogP) is 5.32. The molecule has 0 radical (unpaired) electrons. The first kappa shape index (κ1) is 14.4. The van der Waals surface area contributed by atoms with Crippen molar-refractivity contribution < 1.29 is 4.42 Å². The van der Waals surface area contributed by atoms with Crippen molar-refractivity contribution >= 4 is 22.6 Å². The van der Waals surface area contributed by atoms with Gasteiger partial charge in [0, 0.05) is 5.39 Å². The van der Waals surface area contributed by atoms with Gasteiger partial charge in [0.15, 0.2) is 5.58 Å². The first-order valence-electron chi connectivity index (χ1n) is 7.17. The summed E-state index contributed by atoms with van der Waals surface area (Å²) in [6.07, 6.45) is 4.63. The maximum absolute atomic E-state index is 6.17. The SMILES string of the molecule is CCCCC(NCCC)c1cc2cccc(Cl)c2o1. The number of hydrogen-bond donors (Lipinski definition) is 1. The molecule has 1 unspecified atom stereocenters. The van der Waals surface area contributed by atoms with E-state index in [0.717, 1.165) is 36.1 Å². The van der Waals surface area contributed by atoms with Crippen molar-refractivity contribution in [3.63, 3.8) is 0 Å². The number of nitrogens with one attached hydrogen (secondary N) is 1. The molecule has 1 N–H and O–H groups in total. The highest BCUT2D eigenvalue weighted by atomic mass is 35.5. The van der Waals surface area contributed by atoms with Crippen molar-refractivity contribution in [1.82, 2.24) is 5.32 Å². The largest absolute Gasteiger partial charge is 0.458 e. The van der Waals surface area contributed by atoms with Gasteiger partial charge in [-0.05, 0) is 31.5 Å². The van der Waals surface area contributed by atoms with Crippen molar-refractivity contribution in [1.29, 1.82) is 0 Å². The maximum atomic E-state index is 6.17. The van der Waals surface area contributed by atoms with E-state index < -0.39 is 0 Å².